The van der Waals surface area contributed by atoms with Crippen molar-refractivity contribution < 1.29 is 44.7 Å². The summed E-state index contributed by atoms with van der Waals surface area (Å²) in [5, 5.41) is 21.8. The molecule has 1 aliphatic rings. The van der Waals surface area contributed by atoms with E-state index in [1.807, 2.05) is 0 Å². The number of nitrogens with two attached hydrogens (primary N) is 1. The second-order valence-corrected chi connectivity index (χ2v) is 10.7. The number of sulfone groups is 1. The van der Waals surface area contributed by atoms with E-state index in [0.29, 0.717) is 29.3 Å². The average molecular weight is 565 g/mol. The van der Waals surface area contributed by atoms with Crippen LogP contribution in [0.2, 0.25) is 0 Å². The lowest BCUT2D eigenvalue weighted by Crippen LogP contribution is -2.52. The van der Waals surface area contributed by atoms with Crippen LogP contribution in [0, 0.1) is 11.3 Å². The molecule has 38 heavy (non-hydrogen) atoms. The summed E-state index contributed by atoms with van der Waals surface area (Å²) in [6.45, 7) is 0.0240. The largest absolute Gasteiger partial charge is 0.420 e. The van der Waals surface area contributed by atoms with E-state index in [1.54, 1.807) is 0 Å². The quantitative estimate of drug-likeness (QED) is 0.440. The summed E-state index contributed by atoms with van der Waals surface area (Å²) in [4.78, 5) is 14.5. The summed E-state index contributed by atoms with van der Waals surface area (Å²) < 4.78 is 104. The molecule has 2 atom stereocenters. The zero-order chi connectivity index (χ0) is 28.7. The van der Waals surface area contributed by atoms with Crippen LogP contribution >= 0.6 is 0 Å². The van der Waals surface area contributed by atoms with Gasteiger partial charge >= 0.3 is 12.4 Å². The van der Waals surface area contributed by atoms with Crippen LogP contribution < -0.4 is 11.1 Å². The number of anilines is 1. The summed E-state index contributed by atoms with van der Waals surface area (Å²) in [6.07, 6.45) is -12.1. The standard InChI is InChI=1S/C23H22F6N4O4S/c1-38(36,37)16-6-7-17-13(10-16)11-33(18(34)8-9-30)19(17)20(35)32-15-4-2-14(3-5-15)21(12-31,22(24,25)26)23(27,28)29/h2-7,10,18-19,34H,8-9,11,30H2,1H3,(H,32,35). The minimum Gasteiger partial charge on any atom is -0.378 e. The van der Waals surface area contributed by atoms with Gasteiger partial charge in [-0.1, -0.05) is 18.2 Å². The normalized spacial score (nSPS) is 17.5. The lowest BCUT2D eigenvalue weighted by molar-refractivity contribution is -0.283. The zero-order valence-electron chi connectivity index (χ0n) is 19.6. The molecule has 2 unspecified atom stereocenters. The molecule has 0 saturated carbocycles. The first-order valence-corrected chi connectivity index (χ1v) is 12.8. The van der Waals surface area contributed by atoms with E-state index < -0.39 is 51.3 Å². The van der Waals surface area contributed by atoms with Gasteiger partial charge in [0.2, 0.25) is 5.91 Å². The van der Waals surface area contributed by atoms with Gasteiger partial charge in [-0.05, 0) is 53.9 Å². The number of hydrogen-bond acceptors (Lipinski definition) is 7. The maximum absolute atomic E-state index is 13.4. The van der Waals surface area contributed by atoms with E-state index in [9.17, 15) is 44.7 Å². The minimum absolute atomic E-state index is 0.0172. The molecule has 0 spiro atoms. The fourth-order valence-electron chi connectivity index (χ4n) is 4.26. The van der Waals surface area contributed by atoms with Crippen molar-refractivity contribution in [3.05, 3.63) is 59.2 Å². The van der Waals surface area contributed by atoms with Crippen molar-refractivity contribution in [2.24, 2.45) is 5.73 Å². The fourth-order valence-corrected chi connectivity index (χ4v) is 4.93. The highest BCUT2D eigenvalue weighted by molar-refractivity contribution is 7.90. The molecule has 4 N–H and O–H groups in total. The number of nitrogens with zero attached hydrogens (tertiary/aromatic N) is 2. The number of amides is 1. The number of rotatable bonds is 7. The van der Waals surface area contributed by atoms with Gasteiger partial charge < -0.3 is 16.2 Å². The molecule has 2 aromatic carbocycles. The Kier molecular flexibility index (Phi) is 7.86. The summed E-state index contributed by atoms with van der Waals surface area (Å²) in [5.41, 5.74) is -0.0515. The Morgan fingerprint density at radius 2 is 1.74 bits per heavy atom. The van der Waals surface area contributed by atoms with Crippen LogP contribution in [-0.4, -0.2) is 55.7 Å². The summed E-state index contributed by atoms with van der Waals surface area (Å²) >= 11 is 0. The van der Waals surface area contributed by atoms with Crippen molar-refractivity contribution in [3.8, 4) is 6.07 Å². The Hall–Kier alpha value is -3.19. The Bertz CT molecular complexity index is 1340. The fraction of sp³-hybridized carbons (Fsp3) is 0.391. The molecule has 0 aliphatic carbocycles. The number of aliphatic hydroxyl groups excluding tert-OH is 1. The van der Waals surface area contributed by atoms with Gasteiger partial charge in [0.1, 0.15) is 12.3 Å². The second-order valence-electron chi connectivity index (χ2n) is 8.69. The van der Waals surface area contributed by atoms with Crippen molar-refractivity contribution in [2.45, 2.75) is 47.9 Å². The van der Waals surface area contributed by atoms with Crippen molar-refractivity contribution >= 4 is 21.4 Å². The van der Waals surface area contributed by atoms with Gasteiger partial charge in [-0.15, -0.1) is 0 Å². The molecule has 0 radical (unpaired) electrons. The second kappa shape index (κ2) is 10.2. The lowest BCUT2D eigenvalue weighted by atomic mass is 9.80. The maximum Gasteiger partial charge on any atom is 0.420 e. The van der Waals surface area contributed by atoms with E-state index >= 15 is 0 Å². The molecule has 15 heteroatoms. The highest BCUT2D eigenvalue weighted by atomic mass is 32.2. The minimum atomic E-state index is -5.97. The molecule has 1 heterocycles. The molecule has 8 nitrogen and oxygen atoms in total. The third kappa shape index (κ3) is 5.21. The molecule has 0 saturated heterocycles. The average Bonchev–Trinajstić information content (AvgIpc) is 3.18. The molecule has 3 rings (SSSR count). The van der Waals surface area contributed by atoms with E-state index in [-0.39, 0.29) is 30.1 Å². The van der Waals surface area contributed by atoms with Gasteiger partial charge in [0, 0.05) is 18.5 Å². The highest BCUT2D eigenvalue weighted by Crippen LogP contribution is 2.51. The molecule has 1 amide bonds. The first kappa shape index (κ1) is 29.4. The Morgan fingerprint density at radius 1 is 1.16 bits per heavy atom. The number of nitrogens with one attached hydrogen (secondary N) is 1. The summed E-state index contributed by atoms with van der Waals surface area (Å²) in [5.74, 6) is -0.794. The van der Waals surface area contributed by atoms with Crippen LogP contribution in [0.4, 0.5) is 32.0 Å². The molecule has 0 aromatic heterocycles. The monoisotopic (exact) mass is 564 g/mol. The number of benzene rings is 2. The number of fused-ring (bicyclic) bond motifs is 1. The zero-order valence-corrected chi connectivity index (χ0v) is 20.5. The number of carbonyl (C=O) groups excluding carboxylic acids is 1. The number of halogens is 6. The van der Waals surface area contributed by atoms with Crippen LogP contribution in [0.15, 0.2) is 47.4 Å². The van der Waals surface area contributed by atoms with Gasteiger partial charge in [-0.25, -0.2) is 8.42 Å². The maximum atomic E-state index is 13.4. The topological polar surface area (TPSA) is 137 Å². The Balaban J connectivity index is 1.96. The molecule has 206 valence electrons. The van der Waals surface area contributed by atoms with Crippen LogP contribution in [0.3, 0.4) is 0 Å². The predicted octanol–water partition coefficient (Wildman–Crippen LogP) is 3.14. The van der Waals surface area contributed by atoms with Crippen molar-refractivity contribution in [1.82, 2.24) is 4.90 Å². The van der Waals surface area contributed by atoms with Crippen LogP contribution in [-0.2, 0) is 26.6 Å². The molecule has 0 bridgehead atoms. The van der Waals surface area contributed by atoms with Gasteiger partial charge in [0.05, 0.1) is 11.0 Å². The molecule has 1 aliphatic heterocycles. The number of nitriles is 1. The van der Waals surface area contributed by atoms with Gasteiger partial charge in [-0.2, -0.15) is 31.6 Å². The number of carbonyl (C=O) groups is 1. The van der Waals surface area contributed by atoms with E-state index in [0.717, 1.165) is 18.4 Å². The first-order chi connectivity index (χ1) is 17.5. The third-order valence-corrected chi connectivity index (χ3v) is 7.29. The van der Waals surface area contributed by atoms with Crippen molar-refractivity contribution in [1.29, 1.82) is 5.26 Å². The number of aliphatic hydroxyl groups is 1. The first-order valence-electron chi connectivity index (χ1n) is 10.9. The van der Waals surface area contributed by atoms with E-state index in [2.05, 4.69) is 5.32 Å². The predicted molar refractivity (Wildman–Crippen MR) is 122 cm³/mol. The van der Waals surface area contributed by atoms with Crippen LogP contribution in [0.25, 0.3) is 0 Å². The number of alkyl halides is 6. The van der Waals surface area contributed by atoms with Crippen molar-refractivity contribution in [3.63, 3.8) is 0 Å². The van der Waals surface area contributed by atoms with Crippen LogP contribution in [0.5, 0.6) is 0 Å². The van der Waals surface area contributed by atoms with Crippen molar-refractivity contribution in [2.75, 3.05) is 18.1 Å². The van der Waals surface area contributed by atoms with E-state index in [1.165, 1.54) is 23.1 Å². The number of hydrogen-bond donors (Lipinski definition) is 3. The van der Waals surface area contributed by atoms with Gasteiger partial charge in [0.25, 0.3) is 5.41 Å². The van der Waals surface area contributed by atoms with Gasteiger partial charge in [0.15, 0.2) is 9.84 Å². The van der Waals surface area contributed by atoms with Gasteiger partial charge in [-0.3, -0.25) is 9.69 Å². The highest BCUT2D eigenvalue weighted by Gasteiger charge is 2.72. The third-order valence-electron chi connectivity index (χ3n) is 6.18. The lowest BCUT2D eigenvalue weighted by Gasteiger charge is -2.31. The smallest absolute Gasteiger partial charge is 0.378 e. The SMILES string of the molecule is CS(=O)(=O)c1ccc2c(c1)CN(C(O)CCN)C2C(=O)Nc1ccc(C(C#N)(C(F)(F)F)C(F)(F)F)cc1. The molecular formula is C23H22F6N4O4S. The molecule has 2 aromatic rings. The molecule has 0 fully saturated rings. The summed E-state index contributed by atoms with van der Waals surface area (Å²) in [6, 6.07) is 5.67. The van der Waals surface area contributed by atoms with E-state index in [4.69, 9.17) is 11.0 Å². The molecular weight excluding hydrogens is 542 g/mol. The van der Waals surface area contributed by atoms with Crippen LogP contribution in [0.1, 0.15) is 29.2 Å². The Labute approximate surface area is 213 Å². The summed E-state index contributed by atoms with van der Waals surface area (Å²) in [7, 11) is -3.58. The Morgan fingerprint density at radius 3 is 2.21 bits per heavy atom.